The Hall–Kier alpha value is -1.79. The van der Waals surface area contributed by atoms with Crippen LogP contribution < -0.4 is 10.3 Å². The van der Waals surface area contributed by atoms with Crippen LogP contribution in [0.1, 0.15) is 36.2 Å². The number of nitrogens with zero attached hydrogens (tertiary/aromatic N) is 3. The number of carboxylic acid groups (broad SMARTS) is 1. The molecule has 1 saturated carbocycles. The van der Waals surface area contributed by atoms with Gasteiger partial charge >= 0.3 is 5.97 Å². The van der Waals surface area contributed by atoms with E-state index < -0.39 is 17.2 Å². The molecule has 1 aromatic heterocycles. The Morgan fingerprint density at radius 1 is 1.22 bits per heavy atom. The van der Waals surface area contributed by atoms with Gasteiger partial charge in [0.25, 0.3) is 0 Å². The number of halogens is 1. The van der Waals surface area contributed by atoms with Crippen molar-refractivity contribution in [2.75, 3.05) is 37.6 Å². The average Bonchev–Trinajstić information content (AvgIpc) is 3.47. The first-order valence-electron chi connectivity index (χ1n) is 9.08. The van der Waals surface area contributed by atoms with Gasteiger partial charge in [0.05, 0.1) is 11.2 Å². The van der Waals surface area contributed by atoms with Crippen molar-refractivity contribution < 1.29 is 33.8 Å². The molecule has 1 aromatic carbocycles. The third kappa shape index (κ3) is 3.65. The van der Waals surface area contributed by atoms with Gasteiger partial charge in [-0.15, -0.1) is 0 Å². The van der Waals surface area contributed by atoms with Crippen molar-refractivity contribution in [2.24, 2.45) is 0 Å². The summed E-state index contributed by atoms with van der Waals surface area (Å²) in [5, 5.41) is 9.45. The smallest absolute Gasteiger partial charge is 0.341 e. The Morgan fingerprint density at radius 2 is 1.89 bits per heavy atom. The van der Waals surface area contributed by atoms with Gasteiger partial charge in [0.1, 0.15) is 11.4 Å². The van der Waals surface area contributed by atoms with Crippen LogP contribution in [0.4, 0.5) is 10.1 Å². The van der Waals surface area contributed by atoms with Crippen molar-refractivity contribution in [3.05, 3.63) is 39.9 Å². The minimum absolute atomic E-state index is 0. The molecule has 0 radical (unpaired) electrons. The predicted molar refractivity (Wildman–Crippen MR) is 97.7 cm³/mol. The summed E-state index contributed by atoms with van der Waals surface area (Å²) in [4.78, 5) is 28.2. The predicted octanol–water partition coefficient (Wildman–Crippen LogP) is 2.31. The second-order valence-corrected chi connectivity index (χ2v) is 7.06. The molecule has 27 heavy (non-hydrogen) atoms. The second kappa shape index (κ2) is 7.68. The fourth-order valence-electron chi connectivity index (χ4n) is 3.71. The standard InChI is InChI=1S/C19H22FN3O3.Zn/c1-2-21-5-7-22(8-6-21)17-10-16-13(9-15(17)20)18(24)14(19(25)26)11-23(16)12-3-4-12;/h9-12H,2-8H2,1H3,(H,25,26);. The van der Waals surface area contributed by atoms with Crippen LogP contribution in [0.15, 0.2) is 23.1 Å². The molecule has 1 aliphatic heterocycles. The average molecular weight is 425 g/mol. The molecule has 2 aliphatic rings. The number of aromatic carboxylic acids is 1. The second-order valence-electron chi connectivity index (χ2n) is 7.06. The van der Waals surface area contributed by atoms with E-state index in [-0.39, 0.29) is 36.5 Å². The number of benzene rings is 1. The third-order valence-corrected chi connectivity index (χ3v) is 5.43. The fourth-order valence-corrected chi connectivity index (χ4v) is 3.71. The van der Waals surface area contributed by atoms with Gasteiger partial charge in [-0.2, -0.15) is 0 Å². The molecular weight excluding hydrogens is 403 g/mol. The molecule has 0 spiro atoms. The van der Waals surface area contributed by atoms with Crippen molar-refractivity contribution in [3.8, 4) is 0 Å². The van der Waals surface area contributed by atoms with Crippen LogP contribution in [-0.2, 0) is 19.5 Å². The van der Waals surface area contributed by atoms with Gasteiger partial charge in [-0.05, 0) is 31.5 Å². The largest absolute Gasteiger partial charge is 0.477 e. The molecule has 4 rings (SSSR count). The minimum Gasteiger partial charge on any atom is -0.477 e. The van der Waals surface area contributed by atoms with Gasteiger partial charge in [0.15, 0.2) is 0 Å². The minimum atomic E-state index is -1.27. The molecule has 0 unspecified atom stereocenters. The molecule has 140 valence electrons. The van der Waals surface area contributed by atoms with E-state index in [2.05, 4.69) is 11.8 Å². The number of hydrogen-bond donors (Lipinski definition) is 1. The van der Waals surface area contributed by atoms with E-state index in [1.54, 1.807) is 6.07 Å². The van der Waals surface area contributed by atoms with Gasteiger partial charge in [0, 0.05) is 63.3 Å². The summed E-state index contributed by atoms with van der Waals surface area (Å²) < 4.78 is 16.6. The summed E-state index contributed by atoms with van der Waals surface area (Å²) in [6, 6.07) is 3.12. The first-order chi connectivity index (χ1) is 12.5. The first kappa shape index (κ1) is 20.0. The number of carboxylic acids is 1. The van der Waals surface area contributed by atoms with Crippen LogP contribution in [0.3, 0.4) is 0 Å². The van der Waals surface area contributed by atoms with E-state index >= 15 is 0 Å². The number of aromatic nitrogens is 1. The zero-order chi connectivity index (χ0) is 18.4. The summed E-state index contributed by atoms with van der Waals surface area (Å²) in [5.74, 6) is -1.74. The number of hydrogen-bond acceptors (Lipinski definition) is 4. The maximum atomic E-state index is 14.8. The number of pyridine rings is 1. The Labute approximate surface area is 169 Å². The Bertz CT molecular complexity index is 934. The molecule has 2 heterocycles. The summed E-state index contributed by atoms with van der Waals surface area (Å²) >= 11 is 0. The molecule has 2 fully saturated rings. The Kier molecular flexibility index (Phi) is 5.68. The fraction of sp³-hybridized carbons (Fsp3) is 0.474. The van der Waals surface area contributed by atoms with E-state index in [9.17, 15) is 19.1 Å². The molecule has 8 heteroatoms. The van der Waals surface area contributed by atoms with Crippen LogP contribution in [0.2, 0.25) is 0 Å². The zero-order valence-corrected chi connectivity index (χ0v) is 18.4. The number of carbonyl (C=O) groups is 1. The monoisotopic (exact) mass is 423 g/mol. The van der Waals surface area contributed by atoms with Gasteiger partial charge in [-0.1, -0.05) is 6.92 Å². The molecule has 0 atom stereocenters. The molecular formula is C19H22FN3O3Zn. The van der Waals surface area contributed by atoms with Crippen LogP contribution in [0.25, 0.3) is 10.9 Å². The number of rotatable bonds is 4. The van der Waals surface area contributed by atoms with E-state index in [1.165, 1.54) is 12.3 Å². The summed E-state index contributed by atoms with van der Waals surface area (Å²) in [5.41, 5.74) is 0.195. The molecule has 0 amide bonds. The van der Waals surface area contributed by atoms with Crippen molar-refractivity contribution >= 4 is 22.6 Å². The van der Waals surface area contributed by atoms with Crippen LogP contribution in [-0.4, -0.2) is 53.3 Å². The first-order valence-corrected chi connectivity index (χ1v) is 9.08. The normalized spacial score (nSPS) is 17.8. The van der Waals surface area contributed by atoms with Gasteiger partial charge in [-0.25, -0.2) is 9.18 Å². The van der Waals surface area contributed by atoms with Crippen LogP contribution in [0, 0.1) is 5.82 Å². The SMILES string of the molecule is CCN1CCN(c2cc3c(cc2F)c(=O)c(C(=O)O)cn3C2CC2)CC1.[Zn]. The Morgan fingerprint density at radius 3 is 2.44 bits per heavy atom. The van der Waals surface area contributed by atoms with E-state index in [1.807, 2.05) is 9.47 Å². The third-order valence-electron chi connectivity index (χ3n) is 5.43. The van der Waals surface area contributed by atoms with Crippen LogP contribution >= 0.6 is 0 Å². The number of fused-ring (bicyclic) bond motifs is 1. The maximum absolute atomic E-state index is 14.8. The van der Waals surface area contributed by atoms with E-state index in [0.717, 1.165) is 45.6 Å². The molecule has 1 N–H and O–H groups in total. The van der Waals surface area contributed by atoms with Crippen molar-refractivity contribution in [3.63, 3.8) is 0 Å². The molecule has 6 nitrogen and oxygen atoms in total. The molecule has 1 aliphatic carbocycles. The summed E-state index contributed by atoms with van der Waals surface area (Å²) in [6.07, 6.45) is 3.30. The Balaban J connectivity index is 0.00000210. The van der Waals surface area contributed by atoms with Crippen LogP contribution in [0.5, 0.6) is 0 Å². The summed E-state index contributed by atoms with van der Waals surface area (Å²) in [7, 11) is 0. The van der Waals surface area contributed by atoms with Crippen molar-refractivity contribution in [1.82, 2.24) is 9.47 Å². The zero-order valence-electron chi connectivity index (χ0n) is 15.4. The van der Waals surface area contributed by atoms with Gasteiger partial charge in [0.2, 0.25) is 5.43 Å². The quantitative estimate of drug-likeness (QED) is 0.763. The number of likely N-dealkylation sites (N-methyl/N-ethyl adjacent to an activating group) is 1. The van der Waals surface area contributed by atoms with Gasteiger partial charge in [-0.3, -0.25) is 4.79 Å². The molecule has 1 saturated heterocycles. The van der Waals surface area contributed by atoms with E-state index in [0.29, 0.717) is 11.2 Å². The summed E-state index contributed by atoms with van der Waals surface area (Å²) in [6.45, 7) is 6.31. The molecule has 2 aromatic rings. The topological polar surface area (TPSA) is 65.8 Å². The van der Waals surface area contributed by atoms with E-state index in [4.69, 9.17) is 0 Å². The van der Waals surface area contributed by atoms with Crippen molar-refractivity contribution in [2.45, 2.75) is 25.8 Å². The maximum Gasteiger partial charge on any atom is 0.341 e. The van der Waals surface area contributed by atoms with Crippen molar-refractivity contribution in [1.29, 1.82) is 0 Å². The molecule has 0 bridgehead atoms. The number of piperazine rings is 1. The number of anilines is 1. The van der Waals surface area contributed by atoms with Gasteiger partial charge < -0.3 is 19.5 Å².